The predicted molar refractivity (Wildman–Crippen MR) is 65.7 cm³/mol. The lowest BCUT2D eigenvalue weighted by molar-refractivity contribution is -0.150. The van der Waals surface area contributed by atoms with Gasteiger partial charge in [-0.1, -0.05) is 0 Å². The van der Waals surface area contributed by atoms with E-state index in [0.29, 0.717) is 18.0 Å². The van der Waals surface area contributed by atoms with Crippen molar-refractivity contribution < 1.29 is 19.4 Å². The molecular weight excluding hydrogens is 256 g/mol. The van der Waals surface area contributed by atoms with E-state index >= 15 is 0 Å². The van der Waals surface area contributed by atoms with Crippen molar-refractivity contribution in [2.24, 2.45) is 0 Å². The molecular formula is C11H14N2O4S. The Kier molecular flexibility index (Phi) is 3.63. The third-order valence-corrected chi connectivity index (χ3v) is 3.83. The normalized spacial score (nSPS) is 23.0. The van der Waals surface area contributed by atoms with E-state index in [9.17, 15) is 9.59 Å². The molecule has 1 saturated heterocycles. The average Bonchev–Trinajstić information content (AvgIpc) is 2.87. The molecule has 2 heterocycles. The summed E-state index contributed by atoms with van der Waals surface area (Å²) in [6, 6.07) is 0. The van der Waals surface area contributed by atoms with E-state index in [0.717, 1.165) is 10.6 Å². The molecule has 7 heteroatoms. The van der Waals surface area contributed by atoms with Gasteiger partial charge in [0, 0.05) is 4.88 Å². The number of hydrogen-bond acceptors (Lipinski definition) is 5. The van der Waals surface area contributed by atoms with E-state index in [1.165, 1.54) is 11.3 Å². The number of carboxylic acid groups (broad SMARTS) is 1. The van der Waals surface area contributed by atoms with Gasteiger partial charge in [0.2, 0.25) is 0 Å². The number of ether oxygens (including phenoxy) is 1. The molecule has 0 bridgehead atoms. The first-order valence-electron chi connectivity index (χ1n) is 5.60. The number of hydrogen-bond donors (Lipinski definition) is 2. The molecule has 2 atom stereocenters. The Labute approximate surface area is 108 Å². The third-order valence-electron chi connectivity index (χ3n) is 2.85. The second-order valence-corrected chi connectivity index (χ2v) is 5.38. The van der Waals surface area contributed by atoms with Crippen molar-refractivity contribution in [2.45, 2.75) is 38.9 Å². The van der Waals surface area contributed by atoms with Crippen LogP contribution in [0.4, 0.5) is 5.13 Å². The molecule has 1 fully saturated rings. The number of aryl methyl sites for hydroxylation is 2. The summed E-state index contributed by atoms with van der Waals surface area (Å²) in [4.78, 5) is 27.8. The van der Waals surface area contributed by atoms with Gasteiger partial charge in [-0.15, -0.1) is 11.3 Å². The first-order valence-corrected chi connectivity index (χ1v) is 6.42. The molecule has 1 aromatic rings. The van der Waals surface area contributed by atoms with Crippen molar-refractivity contribution in [1.29, 1.82) is 0 Å². The standard InChI is InChI=1S/C11H14N2O4S/c1-5-6(2)18-11(12-5)13-9(14)7-3-4-8(17-7)10(15)16/h7-8H,3-4H2,1-2H3,(H,15,16)(H,12,13,14)/t7-,8+/m0/s1. The summed E-state index contributed by atoms with van der Waals surface area (Å²) >= 11 is 1.39. The maximum Gasteiger partial charge on any atom is 0.332 e. The minimum Gasteiger partial charge on any atom is -0.479 e. The molecule has 2 N–H and O–H groups in total. The molecule has 0 spiro atoms. The Morgan fingerprint density at radius 3 is 2.56 bits per heavy atom. The van der Waals surface area contributed by atoms with Crippen LogP contribution in [0.1, 0.15) is 23.4 Å². The zero-order chi connectivity index (χ0) is 13.3. The van der Waals surface area contributed by atoms with E-state index in [4.69, 9.17) is 9.84 Å². The van der Waals surface area contributed by atoms with Crippen LogP contribution in [0.2, 0.25) is 0 Å². The van der Waals surface area contributed by atoms with Crippen LogP contribution >= 0.6 is 11.3 Å². The number of thiazole rings is 1. The monoisotopic (exact) mass is 270 g/mol. The van der Waals surface area contributed by atoms with Gasteiger partial charge in [0.15, 0.2) is 11.2 Å². The number of aliphatic carboxylic acids is 1. The van der Waals surface area contributed by atoms with Crippen LogP contribution in [0.5, 0.6) is 0 Å². The molecule has 1 aromatic heterocycles. The molecule has 2 rings (SSSR count). The zero-order valence-corrected chi connectivity index (χ0v) is 10.9. The fraction of sp³-hybridized carbons (Fsp3) is 0.545. The predicted octanol–water partition coefficient (Wildman–Crippen LogP) is 1.33. The molecule has 98 valence electrons. The van der Waals surface area contributed by atoms with Crippen LogP contribution in [0.15, 0.2) is 0 Å². The summed E-state index contributed by atoms with van der Waals surface area (Å²) in [6.07, 6.45) is -0.786. The number of carbonyl (C=O) groups is 2. The Hall–Kier alpha value is -1.47. The summed E-state index contributed by atoms with van der Waals surface area (Å²) in [7, 11) is 0. The summed E-state index contributed by atoms with van der Waals surface area (Å²) in [5, 5.41) is 12.0. The number of nitrogens with zero attached hydrogens (tertiary/aromatic N) is 1. The van der Waals surface area contributed by atoms with Gasteiger partial charge in [-0.3, -0.25) is 10.1 Å². The van der Waals surface area contributed by atoms with Gasteiger partial charge in [0.1, 0.15) is 6.10 Å². The van der Waals surface area contributed by atoms with E-state index < -0.39 is 18.2 Å². The van der Waals surface area contributed by atoms with Gasteiger partial charge >= 0.3 is 5.97 Å². The molecule has 1 amide bonds. The van der Waals surface area contributed by atoms with Crippen molar-refractivity contribution in [3.63, 3.8) is 0 Å². The molecule has 18 heavy (non-hydrogen) atoms. The van der Waals surface area contributed by atoms with Crippen LogP contribution < -0.4 is 5.32 Å². The molecule has 0 aliphatic carbocycles. The maximum atomic E-state index is 11.8. The van der Waals surface area contributed by atoms with Crippen molar-refractivity contribution in [2.75, 3.05) is 5.32 Å². The molecule has 0 radical (unpaired) electrons. The van der Waals surface area contributed by atoms with E-state index in [1.54, 1.807) is 0 Å². The summed E-state index contributed by atoms with van der Waals surface area (Å²) in [5.74, 6) is -1.35. The Morgan fingerprint density at radius 1 is 1.39 bits per heavy atom. The number of anilines is 1. The second kappa shape index (κ2) is 5.03. The summed E-state index contributed by atoms with van der Waals surface area (Å²) in [5.41, 5.74) is 0.881. The minimum atomic E-state index is -1.02. The molecule has 1 aliphatic rings. The largest absolute Gasteiger partial charge is 0.479 e. The fourth-order valence-corrected chi connectivity index (χ4v) is 2.54. The average molecular weight is 270 g/mol. The second-order valence-electron chi connectivity index (χ2n) is 4.18. The van der Waals surface area contributed by atoms with Crippen molar-refractivity contribution in [1.82, 2.24) is 4.98 Å². The number of carboxylic acids is 1. The number of carbonyl (C=O) groups excluding carboxylic acids is 1. The number of aromatic nitrogens is 1. The lowest BCUT2D eigenvalue weighted by Crippen LogP contribution is -2.29. The first kappa shape index (κ1) is 13.0. The number of rotatable bonds is 3. The fourth-order valence-electron chi connectivity index (χ4n) is 1.72. The molecule has 0 aromatic carbocycles. The quantitative estimate of drug-likeness (QED) is 0.865. The molecule has 6 nitrogen and oxygen atoms in total. The van der Waals surface area contributed by atoms with Gasteiger partial charge in [0.05, 0.1) is 5.69 Å². The van der Waals surface area contributed by atoms with E-state index in [1.807, 2.05) is 13.8 Å². The smallest absolute Gasteiger partial charge is 0.332 e. The van der Waals surface area contributed by atoms with Gasteiger partial charge in [-0.25, -0.2) is 9.78 Å². The Morgan fingerprint density at radius 2 is 2.06 bits per heavy atom. The molecule has 1 aliphatic heterocycles. The van der Waals surface area contributed by atoms with Crippen molar-refractivity contribution >= 4 is 28.3 Å². The lowest BCUT2D eigenvalue weighted by atomic mass is 10.2. The highest BCUT2D eigenvalue weighted by atomic mass is 32.1. The number of nitrogens with one attached hydrogen (secondary N) is 1. The highest BCUT2D eigenvalue weighted by Gasteiger charge is 2.34. The molecule has 0 saturated carbocycles. The van der Waals surface area contributed by atoms with Crippen LogP contribution in [-0.4, -0.2) is 34.2 Å². The van der Waals surface area contributed by atoms with Gasteiger partial charge in [-0.05, 0) is 26.7 Å². The van der Waals surface area contributed by atoms with E-state index in [-0.39, 0.29) is 5.91 Å². The first-order chi connectivity index (χ1) is 8.47. The maximum absolute atomic E-state index is 11.8. The van der Waals surface area contributed by atoms with Crippen molar-refractivity contribution in [3.8, 4) is 0 Å². The topological polar surface area (TPSA) is 88.5 Å². The SMILES string of the molecule is Cc1nc(NC(=O)[C@@H]2CC[C@H](C(=O)O)O2)sc1C. The Balaban J connectivity index is 1.95. The highest BCUT2D eigenvalue weighted by Crippen LogP contribution is 2.24. The molecule has 0 unspecified atom stereocenters. The number of amides is 1. The van der Waals surface area contributed by atoms with Crippen LogP contribution in [0, 0.1) is 13.8 Å². The van der Waals surface area contributed by atoms with Gasteiger partial charge < -0.3 is 9.84 Å². The van der Waals surface area contributed by atoms with Crippen LogP contribution in [0.3, 0.4) is 0 Å². The third kappa shape index (κ3) is 2.68. The minimum absolute atomic E-state index is 0.326. The lowest BCUT2D eigenvalue weighted by Gasteiger charge is -2.09. The summed E-state index contributed by atoms with van der Waals surface area (Å²) < 4.78 is 5.16. The van der Waals surface area contributed by atoms with Crippen LogP contribution in [-0.2, 0) is 14.3 Å². The zero-order valence-electron chi connectivity index (χ0n) is 10.1. The van der Waals surface area contributed by atoms with E-state index in [2.05, 4.69) is 10.3 Å². The van der Waals surface area contributed by atoms with Crippen LogP contribution in [0.25, 0.3) is 0 Å². The van der Waals surface area contributed by atoms with Gasteiger partial charge in [-0.2, -0.15) is 0 Å². The highest BCUT2D eigenvalue weighted by molar-refractivity contribution is 7.15. The Bertz CT molecular complexity index is 466. The van der Waals surface area contributed by atoms with Crippen molar-refractivity contribution in [3.05, 3.63) is 10.6 Å². The summed E-state index contributed by atoms with van der Waals surface area (Å²) in [6.45, 7) is 3.79. The van der Waals surface area contributed by atoms with Gasteiger partial charge in [0.25, 0.3) is 5.91 Å².